The molecule has 150 valence electrons. The number of benzene rings is 1. The zero-order chi connectivity index (χ0) is 20.4. The number of hydrogen-bond donors (Lipinski definition) is 2. The molecule has 0 saturated heterocycles. The molecule has 3 aromatic rings. The molecule has 0 fully saturated rings. The topological polar surface area (TPSA) is 67.0 Å². The zero-order valence-corrected chi connectivity index (χ0v) is 17.2. The van der Waals surface area contributed by atoms with Crippen molar-refractivity contribution in [2.24, 2.45) is 5.41 Å². The van der Waals surface area contributed by atoms with Gasteiger partial charge in [-0.2, -0.15) is 0 Å². The van der Waals surface area contributed by atoms with Gasteiger partial charge in [0.2, 0.25) is 0 Å². The van der Waals surface area contributed by atoms with Crippen molar-refractivity contribution in [3.05, 3.63) is 60.0 Å². The van der Waals surface area contributed by atoms with E-state index in [1.54, 1.807) is 12.4 Å². The monoisotopic (exact) mass is 389 g/mol. The Morgan fingerprint density at radius 3 is 2.72 bits per heavy atom. The van der Waals surface area contributed by atoms with Gasteiger partial charge < -0.3 is 19.8 Å². The zero-order valence-electron chi connectivity index (χ0n) is 17.2. The van der Waals surface area contributed by atoms with Crippen molar-refractivity contribution in [3.63, 3.8) is 0 Å². The maximum atomic E-state index is 12.1. The van der Waals surface area contributed by atoms with Crippen LogP contribution in [0.3, 0.4) is 0 Å². The molecule has 1 unspecified atom stereocenters. The van der Waals surface area contributed by atoms with Gasteiger partial charge in [-0.05, 0) is 49.4 Å². The summed E-state index contributed by atoms with van der Waals surface area (Å²) in [6.45, 7) is 7.00. The second-order valence-corrected chi connectivity index (χ2v) is 8.34. The molecule has 2 heterocycles. The molecule has 0 bridgehead atoms. The van der Waals surface area contributed by atoms with Crippen LogP contribution in [0.4, 0.5) is 11.4 Å². The Kier molecular flexibility index (Phi) is 5.14. The highest BCUT2D eigenvalue weighted by atomic mass is 16.5. The maximum absolute atomic E-state index is 12.1. The van der Waals surface area contributed by atoms with Crippen molar-refractivity contribution in [3.8, 4) is 17.0 Å². The van der Waals surface area contributed by atoms with E-state index in [-0.39, 0.29) is 11.3 Å². The number of carbonyl (C=O) groups excluding carboxylic acids is 1. The van der Waals surface area contributed by atoms with Crippen LogP contribution in [0.2, 0.25) is 0 Å². The first-order valence-electron chi connectivity index (χ1n) is 10.1. The smallest absolute Gasteiger partial charge is 0.142 e. The first-order valence-corrected chi connectivity index (χ1v) is 10.1. The molecule has 0 spiro atoms. The number of nitrogens with one attached hydrogen (secondary N) is 2. The van der Waals surface area contributed by atoms with Gasteiger partial charge in [-0.1, -0.05) is 26.0 Å². The second-order valence-electron chi connectivity index (χ2n) is 8.34. The number of nitrogens with zero attached hydrogens (tertiary/aromatic N) is 1. The fourth-order valence-corrected chi connectivity index (χ4v) is 4.33. The Bertz CT molecular complexity index is 1010. The van der Waals surface area contributed by atoms with Crippen LogP contribution < -0.4 is 10.1 Å². The molecule has 29 heavy (non-hydrogen) atoms. The Morgan fingerprint density at radius 1 is 1.24 bits per heavy atom. The van der Waals surface area contributed by atoms with Gasteiger partial charge in [-0.15, -0.1) is 0 Å². The van der Waals surface area contributed by atoms with Crippen molar-refractivity contribution < 1.29 is 9.53 Å². The van der Waals surface area contributed by atoms with Crippen LogP contribution in [0.25, 0.3) is 11.3 Å². The van der Waals surface area contributed by atoms with Crippen molar-refractivity contribution in [1.29, 1.82) is 0 Å². The number of aromatic nitrogens is 2. The van der Waals surface area contributed by atoms with E-state index in [0.29, 0.717) is 6.61 Å². The van der Waals surface area contributed by atoms with Crippen molar-refractivity contribution in [2.45, 2.75) is 39.5 Å². The van der Waals surface area contributed by atoms with E-state index in [9.17, 15) is 4.79 Å². The van der Waals surface area contributed by atoms with Crippen LogP contribution in [0.15, 0.2) is 48.8 Å². The summed E-state index contributed by atoms with van der Waals surface area (Å²) in [6, 6.07) is 11.9. The summed E-state index contributed by atoms with van der Waals surface area (Å²) in [5.41, 5.74) is 6.12. The summed E-state index contributed by atoms with van der Waals surface area (Å²) in [7, 11) is 0. The van der Waals surface area contributed by atoms with E-state index < -0.39 is 0 Å². The molecule has 0 radical (unpaired) electrons. The predicted molar refractivity (Wildman–Crippen MR) is 116 cm³/mol. The lowest BCUT2D eigenvalue weighted by Crippen LogP contribution is -2.26. The lowest BCUT2D eigenvalue weighted by molar-refractivity contribution is -0.109. The molecule has 1 aromatic carbocycles. The van der Waals surface area contributed by atoms with Gasteiger partial charge in [0, 0.05) is 35.1 Å². The number of pyridine rings is 1. The van der Waals surface area contributed by atoms with E-state index in [4.69, 9.17) is 4.74 Å². The second kappa shape index (κ2) is 7.74. The van der Waals surface area contributed by atoms with E-state index >= 15 is 0 Å². The number of fused-ring (bicyclic) bond motifs is 1. The van der Waals surface area contributed by atoms with Crippen LogP contribution in [-0.4, -0.2) is 22.9 Å². The average molecular weight is 389 g/mol. The normalized spacial score (nSPS) is 17.4. The average Bonchev–Trinajstić information content (AvgIpc) is 3.06. The summed E-state index contributed by atoms with van der Waals surface area (Å²) in [4.78, 5) is 19.8. The van der Waals surface area contributed by atoms with Gasteiger partial charge in [0.15, 0.2) is 0 Å². The third-order valence-electron chi connectivity index (χ3n) is 5.50. The lowest BCUT2D eigenvalue weighted by Gasteiger charge is -2.33. The van der Waals surface area contributed by atoms with Crippen molar-refractivity contribution in [2.75, 3.05) is 11.9 Å². The van der Waals surface area contributed by atoms with Gasteiger partial charge in [-0.3, -0.25) is 4.98 Å². The Balaban J connectivity index is 1.88. The molecule has 1 atom stereocenters. The molecule has 0 amide bonds. The summed E-state index contributed by atoms with van der Waals surface area (Å²) >= 11 is 0. The highest BCUT2D eigenvalue weighted by Gasteiger charge is 2.36. The number of aldehydes is 1. The quantitative estimate of drug-likeness (QED) is 0.548. The van der Waals surface area contributed by atoms with E-state index in [1.165, 1.54) is 0 Å². The molecule has 5 nitrogen and oxygen atoms in total. The van der Waals surface area contributed by atoms with Gasteiger partial charge in [0.25, 0.3) is 0 Å². The van der Waals surface area contributed by atoms with Gasteiger partial charge in [-0.25, -0.2) is 0 Å². The standard InChI is InChI=1S/C24H27N3O2/c1-4-29-20-8-6-5-7-18(20)26-23-21-17(15-28)13-24(2,3)14-19(21)27-22(23)16-9-11-25-12-10-16/h5-12,15,17,26-27H,4,13-14H2,1-3H3. The van der Waals surface area contributed by atoms with Crippen LogP contribution in [0.5, 0.6) is 5.75 Å². The third kappa shape index (κ3) is 3.77. The fraction of sp³-hybridized carbons (Fsp3) is 0.333. The Labute approximate surface area is 171 Å². The molecule has 2 N–H and O–H groups in total. The Morgan fingerprint density at radius 2 is 2.00 bits per heavy atom. The van der Waals surface area contributed by atoms with Crippen molar-refractivity contribution >= 4 is 17.7 Å². The number of carbonyl (C=O) groups is 1. The maximum Gasteiger partial charge on any atom is 0.142 e. The first kappa shape index (κ1) is 19.2. The lowest BCUT2D eigenvalue weighted by atomic mass is 9.71. The van der Waals surface area contributed by atoms with Crippen molar-refractivity contribution in [1.82, 2.24) is 9.97 Å². The Hall–Kier alpha value is -3.08. The highest BCUT2D eigenvalue weighted by Crippen LogP contribution is 2.48. The first-order chi connectivity index (χ1) is 14.0. The molecule has 0 saturated carbocycles. The number of hydrogen-bond acceptors (Lipinski definition) is 4. The van der Waals surface area contributed by atoms with Crippen LogP contribution in [0, 0.1) is 5.41 Å². The molecule has 1 aliphatic carbocycles. The SMILES string of the molecule is CCOc1ccccc1Nc1c(-c2ccncc2)[nH]c2c1C(C=O)CC(C)(C)C2. The van der Waals surface area contributed by atoms with Gasteiger partial charge in [0.05, 0.1) is 23.7 Å². The van der Waals surface area contributed by atoms with E-state index in [2.05, 4.69) is 29.1 Å². The summed E-state index contributed by atoms with van der Waals surface area (Å²) in [5.74, 6) is 0.645. The van der Waals surface area contributed by atoms with Gasteiger partial charge in [0.1, 0.15) is 12.0 Å². The molecule has 1 aliphatic rings. The summed E-state index contributed by atoms with van der Waals surface area (Å²) in [5, 5.41) is 3.59. The third-order valence-corrected chi connectivity index (χ3v) is 5.50. The molecule has 0 aliphatic heterocycles. The minimum Gasteiger partial charge on any atom is -0.492 e. The largest absolute Gasteiger partial charge is 0.492 e. The number of para-hydroxylation sites is 2. The van der Waals surface area contributed by atoms with E-state index in [0.717, 1.165) is 58.8 Å². The highest BCUT2D eigenvalue weighted by molar-refractivity contribution is 5.87. The van der Waals surface area contributed by atoms with Gasteiger partial charge >= 0.3 is 0 Å². The molecule has 5 heteroatoms. The van der Waals surface area contributed by atoms with Crippen LogP contribution >= 0.6 is 0 Å². The number of ether oxygens (including phenoxy) is 1. The predicted octanol–water partition coefficient (Wildman–Crippen LogP) is 5.47. The minimum absolute atomic E-state index is 0.0689. The van der Waals surface area contributed by atoms with E-state index in [1.807, 2.05) is 43.3 Å². The summed E-state index contributed by atoms with van der Waals surface area (Å²) < 4.78 is 5.81. The molecule has 2 aromatic heterocycles. The summed E-state index contributed by atoms with van der Waals surface area (Å²) in [6.07, 6.45) is 6.39. The van der Waals surface area contributed by atoms with Crippen LogP contribution in [-0.2, 0) is 11.2 Å². The molecule has 4 rings (SSSR count). The fourth-order valence-electron chi connectivity index (χ4n) is 4.33. The number of aromatic amines is 1. The minimum atomic E-state index is -0.151. The van der Waals surface area contributed by atoms with Crippen LogP contribution in [0.1, 0.15) is 44.4 Å². The number of anilines is 2. The molecular formula is C24H27N3O2. The number of H-pyrrole nitrogens is 1. The molecular weight excluding hydrogens is 362 g/mol. The number of rotatable bonds is 6.